The summed E-state index contributed by atoms with van der Waals surface area (Å²) in [6, 6.07) is 2.16. The number of hydrogen-bond acceptors (Lipinski definition) is 3. The normalized spacial score (nSPS) is 13.3. The van der Waals surface area contributed by atoms with E-state index in [2.05, 4.69) is 14.7 Å². The molecule has 1 aromatic carbocycles. The molecular weight excluding hydrogens is 300 g/mol. The minimum Gasteiger partial charge on any atom is -0.332 e. The van der Waals surface area contributed by atoms with E-state index in [0.29, 0.717) is 18.3 Å². The van der Waals surface area contributed by atoms with Crippen molar-refractivity contribution in [2.45, 2.75) is 31.3 Å². The highest BCUT2D eigenvalue weighted by molar-refractivity contribution is 7.89. The van der Waals surface area contributed by atoms with E-state index >= 15 is 0 Å². The first-order chi connectivity index (χ1) is 9.83. The van der Waals surface area contributed by atoms with E-state index in [-0.39, 0.29) is 10.6 Å². The van der Waals surface area contributed by atoms with Gasteiger partial charge in [0.05, 0.1) is 6.20 Å². The summed E-state index contributed by atoms with van der Waals surface area (Å²) in [7, 11) is -3.85. The molecule has 0 spiro atoms. The second-order valence-electron chi connectivity index (χ2n) is 4.56. The standard InChI is InChI=1S/C13H15F2N3O2S/c1-3-12-16-7-13(17-12)21(19,20)18-8(2)10-5-4-9(14)6-11(10)15/h4-8,18H,3H2,1-2H3,(H,16,17). The van der Waals surface area contributed by atoms with Gasteiger partial charge in [-0.15, -0.1) is 0 Å². The van der Waals surface area contributed by atoms with Gasteiger partial charge in [0.2, 0.25) is 0 Å². The highest BCUT2D eigenvalue weighted by Crippen LogP contribution is 2.20. The Kier molecular flexibility index (Phi) is 4.38. The van der Waals surface area contributed by atoms with Gasteiger partial charge in [-0.3, -0.25) is 0 Å². The number of rotatable bonds is 5. The SMILES string of the molecule is CCc1ncc(S(=O)(=O)NC(C)c2ccc(F)cc2F)[nH]1. The van der Waals surface area contributed by atoms with Crippen LogP contribution in [0.3, 0.4) is 0 Å². The Hall–Kier alpha value is -1.80. The lowest BCUT2D eigenvalue weighted by molar-refractivity contribution is 0.538. The molecule has 21 heavy (non-hydrogen) atoms. The van der Waals surface area contributed by atoms with E-state index in [4.69, 9.17) is 0 Å². The molecule has 0 aliphatic carbocycles. The molecule has 2 N–H and O–H groups in total. The molecule has 2 aromatic rings. The Morgan fingerprint density at radius 2 is 2.10 bits per heavy atom. The maximum absolute atomic E-state index is 13.6. The fraction of sp³-hybridized carbons (Fsp3) is 0.308. The van der Waals surface area contributed by atoms with Crippen LogP contribution in [0.15, 0.2) is 29.4 Å². The fourth-order valence-corrected chi connectivity index (χ4v) is 3.03. The Balaban J connectivity index is 2.23. The molecule has 0 amide bonds. The van der Waals surface area contributed by atoms with Gasteiger partial charge in [0.15, 0.2) is 5.03 Å². The van der Waals surface area contributed by atoms with Gasteiger partial charge in [-0.05, 0) is 13.0 Å². The Morgan fingerprint density at radius 3 is 2.67 bits per heavy atom. The maximum Gasteiger partial charge on any atom is 0.258 e. The van der Waals surface area contributed by atoms with Crippen molar-refractivity contribution in [3.05, 3.63) is 47.4 Å². The number of sulfonamides is 1. The molecule has 1 atom stereocenters. The lowest BCUT2D eigenvalue weighted by Gasteiger charge is -2.14. The predicted octanol–water partition coefficient (Wildman–Crippen LogP) is 2.29. The van der Waals surface area contributed by atoms with Gasteiger partial charge < -0.3 is 4.98 Å². The molecular formula is C13H15F2N3O2S. The molecule has 8 heteroatoms. The van der Waals surface area contributed by atoms with Crippen molar-refractivity contribution < 1.29 is 17.2 Å². The van der Waals surface area contributed by atoms with E-state index < -0.39 is 27.7 Å². The Labute approximate surface area is 121 Å². The molecule has 0 aliphatic rings. The van der Waals surface area contributed by atoms with Gasteiger partial charge in [-0.25, -0.2) is 26.9 Å². The second kappa shape index (κ2) is 5.90. The van der Waals surface area contributed by atoms with Crippen LogP contribution < -0.4 is 4.72 Å². The van der Waals surface area contributed by atoms with Crippen LogP contribution in [0, 0.1) is 11.6 Å². The van der Waals surface area contributed by atoms with E-state index in [1.54, 1.807) is 0 Å². The molecule has 0 aliphatic heterocycles. The summed E-state index contributed by atoms with van der Waals surface area (Å²) in [4.78, 5) is 6.58. The van der Waals surface area contributed by atoms with Crippen molar-refractivity contribution in [3.8, 4) is 0 Å². The van der Waals surface area contributed by atoms with Crippen LogP contribution in [0.4, 0.5) is 8.78 Å². The third-order valence-electron chi connectivity index (χ3n) is 2.99. The molecule has 2 rings (SSSR count). The minimum absolute atomic E-state index is 0.0650. The molecule has 114 valence electrons. The molecule has 0 radical (unpaired) electrons. The average Bonchev–Trinajstić information content (AvgIpc) is 2.87. The van der Waals surface area contributed by atoms with Crippen LogP contribution in [0.2, 0.25) is 0 Å². The Bertz CT molecular complexity index is 744. The number of hydrogen-bond donors (Lipinski definition) is 2. The molecule has 5 nitrogen and oxygen atoms in total. The highest BCUT2D eigenvalue weighted by Gasteiger charge is 2.22. The topological polar surface area (TPSA) is 74.8 Å². The number of imidazole rings is 1. The summed E-state index contributed by atoms with van der Waals surface area (Å²) in [6.45, 7) is 3.31. The number of nitrogens with one attached hydrogen (secondary N) is 2. The summed E-state index contributed by atoms with van der Waals surface area (Å²) >= 11 is 0. The lowest BCUT2D eigenvalue weighted by atomic mass is 10.1. The highest BCUT2D eigenvalue weighted by atomic mass is 32.2. The molecule has 1 heterocycles. The van der Waals surface area contributed by atoms with Crippen molar-refractivity contribution in [2.75, 3.05) is 0 Å². The largest absolute Gasteiger partial charge is 0.332 e. The van der Waals surface area contributed by atoms with Crippen molar-refractivity contribution in [1.82, 2.24) is 14.7 Å². The van der Waals surface area contributed by atoms with Gasteiger partial charge >= 0.3 is 0 Å². The molecule has 0 bridgehead atoms. The molecule has 1 unspecified atom stereocenters. The minimum atomic E-state index is -3.85. The number of nitrogens with zero attached hydrogens (tertiary/aromatic N) is 1. The fourth-order valence-electron chi connectivity index (χ4n) is 1.87. The number of H-pyrrole nitrogens is 1. The van der Waals surface area contributed by atoms with Crippen LogP contribution in [0.25, 0.3) is 0 Å². The van der Waals surface area contributed by atoms with Crippen molar-refractivity contribution in [3.63, 3.8) is 0 Å². The molecule has 1 aromatic heterocycles. The van der Waals surface area contributed by atoms with Gasteiger partial charge in [-0.2, -0.15) is 0 Å². The quantitative estimate of drug-likeness (QED) is 0.889. The first-order valence-electron chi connectivity index (χ1n) is 6.34. The number of aryl methyl sites for hydroxylation is 1. The molecule has 0 fully saturated rings. The van der Waals surface area contributed by atoms with E-state index in [0.717, 1.165) is 6.07 Å². The van der Waals surface area contributed by atoms with Crippen LogP contribution in [-0.2, 0) is 16.4 Å². The van der Waals surface area contributed by atoms with Crippen molar-refractivity contribution in [2.24, 2.45) is 0 Å². The third kappa shape index (κ3) is 3.45. The van der Waals surface area contributed by atoms with E-state index in [1.165, 1.54) is 19.2 Å². The zero-order chi connectivity index (χ0) is 15.6. The second-order valence-corrected chi connectivity index (χ2v) is 6.24. The van der Waals surface area contributed by atoms with E-state index in [9.17, 15) is 17.2 Å². The van der Waals surface area contributed by atoms with Crippen LogP contribution in [-0.4, -0.2) is 18.4 Å². The summed E-state index contributed by atoms with van der Waals surface area (Å²) in [5.74, 6) is -0.979. The smallest absolute Gasteiger partial charge is 0.258 e. The van der Waals surface area contributed by atoms with Gasteiger partial charge in [0.25, 0.3) is 10.0 Å². The number of aromatic amines is 1. The van der Waals surface area contributed by atoms with Crippen LogP contribution >= 0.6 is 0 Å². The third-order valence-corrected chi connectivity index (χ3v) is 4.44. The Morgan fingerprint density at radius 1 is 1.38 bits per heavy atom. The van der Waals surface area contributed by atoms with Gasteiger partial charge in [0, 0.05) is 24.1 Å². The molecule has 0 saturated heterocycles. The molecule has 0 saturated carbocycles. The number of halogens is 2. The van der Waals surface area contributed by atoms with Gasteiger partial charge in [-0.1, -0.05) is 13.0 Å². The zero-order valence-corrected chi connectivity index (χ0v) is 12.3. The summed E-state index contributed by atoms with van der Waals surface area (Å²) < 4.78 is 53.1. The zero-order valence-electron chi connectivity index (χ0n) is 11.5. The van der Waals surface area contributed by atoms with Crippen LogP contribution in [0.1, 0.15) is 31.3 Å². The van der Waals surface area contributed by atoms with Crippen LogP contribution in [0.5, 0.6) is 0 Å². The summed E-state index contributed by atoms with van der Waals surface area (Å²) in [5.41, 5.74) is 0.0650. The number of benzene rings is 1. The van der Waals surface area contributed by atoms with Crippen molar-refractivity contribution in [1.29, 1.82) is 0 Å². The predicted molar refractivity (Wildman–Crippen MR) is 73.1 cm³/mol. The maximum atomic E-state index is 13.6. The monoisotopic (exact) mass is 315 g/mol. The summed E-state index contributed by atoms with van der Waals surface area (Å²) in [6.07, 6.45) is 1.77. The average molecular weight is 315 g/mol. The first kappa shape index (κ1) is 15.6. The van der Waals surface area contributed by atoms with E-state index in [1.807, 2.05) is 6.92 Å². The number of aromatic nitrogens is 2. The lowest BCUT2D eigenvalue weighted by Crippen LogP contribution is -2.27. The van der Waals surface area contributed by atoms with Gasteiger partial charge in [0.1, 0.15) is 17.5 Å². The summed E-state index contributed by atoms with van der Waals surface area (Å²) in [5, 5.41) is -0.0891. The van der Waals surface area contributed by atoms with Crippen molar-refractivity contribution >= 4 is 10.0 Å². The first-order valence-corrected chi connectivity index (χ1v) is 7.83.